The van der Waals surface area contributed by atoms with Gasteiger partial charge in [0.25, 0.3) is 0 Å². The summed E-state index contributed by atoms with van der Waals surface area (Å²) >= 11 is 0. The van der Waals surface area contributed by atoms with Gasteiger partial charge in [-0.2, -0.15) is 0 Å². The number of hydrogen-bond acceptors (Lipinski definition) is 1. The predicted octanol–water partition coefficient (Wildman–Crippen LogP) is 5.80. The number of aromatic nitrogens is 2. The molecule has 2 nitrogen and oxygen atoms in total. The van der Waals surface area contributed by atoms with Crippen molar-refractivity contribution in [3.8, 4) is 0 Å². The Labute approximate surface area is 138 Å². The number of aromatic amines is 1. The number of allylic oxidation sites excluding steroid dienone is 5. The van der Waals surface area contributed by atoms with E-state index in [-0.39, 0.29) is 0 Å². The molecule has 4 rings (SSSR count). The highest BCUT2D eigenvalue weighted by Crippen LogP contribution is 2.34. The molecule has 0 saturated heterocycles. The summed E-state index contributed by atoms with van der Waals surface area (Å²) in [4.78, 5) is 8.08. The molecule has 0 amide bonds. The van der Waals surface area contributed by atoms with Crippen LogP contribution in [0.2, 0.25) is 0 Å². The van der Waals surface area contributed by atoms with Gasteiger partial charge in [0.15, 0.2) is 0 Å². The van der Waals surface area contributed by atoms with E-state index in [1.807, 2.05) is 6.07 Å². The number of fused-ring (bicyclic) bond motifs is 1. The van der Waals surface area contributed by atoms with Crippen molar-refractivity contribution in [1.82, 2.24) is 9.97 Å². The number of hydrogen-bond donors (Lipinski definition) is 1. The number of rotatable bonds is 3. The fourth-order valence-corrected chi connectivity index (χ4v) is 3.78. The molecule has 0 aliphatic heterocycles. The highest BCUT2D eigenvalue weighted by Gasteiger charge is 2.18. The van der Waals surface area contributed by atoms with E-state index < -0.39 is 0 Å². The smallest absolute Gasteiger partial charge is 0.131 e. The van der Waals surface area contributed by atoms with Crippen molar-refractivity contribution < 1.29 is 0 Å². The Bertz CT molecular complexity index is 733. The first-order valence-electron chi connectivity index (χ1n) is 8.86. The van der Waals surface area contributed by atoms with Crippen LogP contribution in [-0.4, -0.2) is 9.97 Å². The molecule has 0 atom stereocenters. The number of nitrogens with zero attached hydrogens (tertiary/aromatic N) is 1. The third-order valence-corrected chi connectivity index (χ3v) is 5.09. The lowest BCUT2D eigenvalue weighted by atomic mass is 9.81. The summed E-state index contributed by atoms with van der Waals surface area (Å²) in [5.74, 6) is 1.87. The van der Waals surface area contributed by atoms with Gasteiger partial charge in [0.1, 0.15) is 5.82 Å². The molecular weight excluding hydrogens is 280 g/mol. The molecule has 2 aromatic rings. The third-order valence-electron chi connectivity index (χ3n) is 5.09. The van der Waals surface area contributed by atoms with Gasteiger partial charge < -0.3 is 4.98 Å². The van der Waals surface area contributed by atoms with E-state index in [1.54, 1.807) is 11.1 Å². The molecule has 2 heteroatoms. The van der Waals surface area contributed by atoms with Gasteiger partial charge in [-0.05, 0) is 69.1 Å². The highest BCUT2D eigenvalue weighted by atomic mass is 14.9. The Hall–Kier alpha value is -2.09. The molecule has 2 aliphatic carbocycles. The summed E-state index contributed by atoms with van der Waals surface area (Å²) in [6.45, 7) is 0. The quantitative estimate of drug-likeness (QED) is 0.762. The summed E-state index contributed by atoms with van der Waals surface area (Å²) < 4.78 is 0. The normalized spacial score (nSPS) is 21.5. The molecule has 23 heavy (non-hydrogen) atoms. The van der Waals surface area contributed by atoms with Crippen LogP contribution >= 0.6 is 0 Å². The summed E-state index contributed by atoms with van der Waals surface area (Å²) in [6.07, 6.45) is 18.2. The maximum atomic E-state index is 4.67. The zero-order chi connectivity index (χ0) is 15.5. The first-order chi connectivity index (χ1) is 11.4. The second-order valence-corrected chi connectivity index (χ2v) is 6.85. The molecule has 1 fully saturated rings. The average Bonchev–Trinajstić information content (AvgIpc) is 3.00. The molecule has 118 valence electrons. The van der Waals surface area contributed by atoms with Crippen LogP contribution in [0.1, 0.15) is 50.8 Å². The fourth-order valence-electron chi connectivity index (χ4n) is 3.78. The highest BCUT2D eigenvalue weighted by molar-refractivity contribution is 5.76. The monoisotopic (exact) mass is 304 g/mol. The first kappa shape index (κ1) is 14.5. The van der Waals surface area contributed by atoms with Crippen LogP contribution in [0, 0.1) is 5.92 Å². The molecule has 1 heterocycles. The number of para-hydroxylation sites is 2. The van der Waals surface area contributed by atoms with Crippen molar-refractivity contribution in [3.05, 3.63) is 59.5 Å². The van der Waals surface area contributed by atoms with Gasteiger partial charge in [0.2, 0.25) is 0 Å². The summed E-state index contributed by atoms with van der Waals surface area (Å²) in [7, 11) is 0. The van der Waals surface area contributed by atoms with Crippen molar-refractivity contribution >= 4 is 17.1 Å². The van der Waals surface area contributed by atoms with Crippen molar-refractivity contribution in [2.75, 3.05) is 0 Å². The lowest BCUT2D eigenvalue weighted by Crippen LogP contribution is -2.09. The standard InChI is InChI=1S/C21H24N2/c1-2-6-16(7-3-1)14-17-10-12-18(13-11-17)15-21-22-19-8-4-5-9-20(19)23-21/h2,4-9,15,17H,1,3,10-14H2,(H,22,23). The minimum atomic E-state index is 0.858. The molecule has 0 radical (unpaired) electrons. The summed E-state index contributed by atoms with van der Waals surface area (Å²) in [5.41, 5.74) is 5.30. The number of benzene rings is 1. The van der Waals surface area contributed by atoms with E-state index in [2.05, 4.69) is 52.5 Å². The lowest BCUT2D eigenvalue weighted by Gasteiger charge is -2.24. The van der Waals surface area contributed by atoms with E-state index in [0.29, 0.717) is 0 Å². The molecule has 2 aliphatic rings. The molecule has 0 spiro atoms. The van der Waals surface area contributed by atoms with Crippen molar-refractivity contribution in [2.24, 2.45) is 5.92 Å². The lowest BCUT2D eigenvalue weighted by molar-refractivity contribution is 0.409. The van der Waals surface area contributed by atoms with Gasteiger partial charge in [0, 0.05) is 0 Å². The van der Waals surface area contributed by atoms with Gasteiger partial charge >= 0.3 is 0 Å². The topological polar surface area (TPSA) is 28.7 Å². The minimum absolute atomic E-state index is 0.858. The van der Waals surface area contributed by atoms with E-state index >= 15 is 0 Å². The average molecular weight is 304 g/mol. The predicted molar refractivity (Wildman–Crippen MR) is 97.1 cm³/mol. The van der Waals surface area contributed by atoms with Crippen LogP contribution in [0.3, 0.4) is 0 Å². The molecule has 1 N–H and O–H groups in total. The Morgan fingerprint density at radius 1 is 1.13 bits per heavy atom. The van der Waals surface area contributed by atoms with E-state index in [9.17, 15) is 0 Å². The van der Waals surface area contributed by atoms with Gasteiger partial charge in [-0.15, -0.1) is 0 Å². The second kappa shape index (κ2) is 6.57. The zero-order valence-electron chi connectivity index (χ0n) is 13.6. The van der Waals surface area contributed by atoms with Crippen LogP contribution < -0.4 is 0 Å². The number of nitrogens with one attached hydrogen (secondary N) is 1. The molecule has 0 unspecified atom stereocenters. The van der Waals surface area contributed by atoms with Crippen molar-refractivity contribution in [1.29, 1.82) is 0 Å². The van der Waals surface area contributed by atoms with Crippen LogP contribution in [0.4, 0.5) is 0 Å². The van der Waals surface area contributed by atoms with E-state index in [1.165, 1.54) is 44.9 Å². The van der Waals surface area contributed by atoms with Crippen molar-refractivity contribution in [2.45, 2.75) is 44.9 Å². The molecule has 1 aromatic heterocycles. The second-order valence-electron chi connectivity index (χ2n) is 6.85. The Morgan fingerprint density at radius 3 is 2.78 bits per heavy atom. The molecule has 1 aromatic carbocycles. The number of imidazole rings is 1. The maximum Gasteiger partial charge on any atom is 0.131 e. The van der Waals surface area contributed by atoms with Gasteiger partial charge in [-0.25, -0.2) is 4.98 Å². The van der Waals surface area contributed by atoms with Crippen LogP contribution in [-0.2, 0) is 0 Å². The summed E-state index contributed by atoms with van der Waals surface area (Å²) in [6, 6.07) is 8.25. The van der Waals surface area contributed by atoms with Crippen LogP contribution in [0.5, 0.6) is 0 Å². The van der Waals surface area contributed by atoms with Crippen molar-refractivity contribution in [3.63, 3.8) is 0 Å². The SMILES string of the molecule is C1=CC(CC2CCC(=Cc3nc4ccccc4[nH]3)CC2)=CCC1. The fraction of sp³-hybridized carbons (Fsp3) is 0.381. The van der Waals surface area contributed by atoms with Gasteiger partial charge in [-0.1, -0.05) is 41.5 Å². The van der Waals surface area contributed by atoms with E-state index in [4.69, 9.17) is 0 Å². The Morgan fingerprint density at radius 2 is 2.00 bits per heavy atom. The van der Waals surface area contributed by atoms with Gasteiger partial charge in [0.05, 0.1) is 11.0 Å². The number of H-pyrrole nitrogens is 1. The first-order valence-corrected chi connectivity index (χ1v) is 8.86. The largest absolute Gasteiger partial charge is 0.338 e. The van der Waals surface area contributed by atoms with Crippen LogP contribution in [0.25, 0.3) is 17.1 Å². The van der Waals surface area contributed by atoms with E-state index in [0.717, 1.165) is 22.8 Å². The Kier molecular flexibility index (Phi) is 4.14. The maximum absolute atomic E-state index is 4.67. The zero-order valence-corrected chi connectivity index (χ0v) is 13.6. The third kappa shape index (κ3) is 3.47. The Balaban J connectivity index is 1.38. The van der Waals surface area contributed by atoms with Crippen LogP contribution in [0.15, 0.2) is 53.6 Å². The minimum Gasteiger partial charge on any atom is -0.338 e. The molecule has 1 saturated carbocycles. The molecular formula is C21H24N2. The summed E-state index contributed by atoms with van der Waals surface area (Å²) in [5, 5.41) is 0. The van der Waals surface area contributed by atoms with Gasteiger partial charge in [-0.3, -0.25) is 0 Å². The molecule has 0 bridgehead atoms.